The fourth-order valence-electron chi connectivity index (χ4n) is 2.54. The molecule has 1 aliphatic carbocycles. The highest BCUT2D eigenvalue weighted by atomic mass is 16.4. The third kappa shape index (κ3) is 2.72. The molecule has 5 heteroatoms. The molecule has 0 aliphatic heterocycles. The van der Waals surface area contributed by atoms with Crippen LogP contribution in [0.15, 0.2) is 12.3 Å². The Morgan fingerprint density at radius 2 is 2.22 bits per heavy atom. The van der Waals surface area contributed by atoms with Crippen LogP contribution in [0, 0.1) is 5.92 Å². The molecule has 0 spiro atoms. The maximum absolute atomic E-state index is 11.0. The van der Waals surface area contributed by atoms with Crippen LogP contribution in [0.5, 0.6) is 0 Å². The lowest BCUT2D eigenvalue weighted by atomic mass is 10.00. The molecule has 1 aromatic rings. The van der Waals surface area contributed by atoms with Crippen LogP contribution in [-0.4, -0.2) is 22.1 Å². The summed E-state index contributed by atoms with van der Waals surface area (Å²) < 4.78 is 0. The molecule has 5 nitrogen and oxygen atoms in total. The number of nitrogens with one attached hydrogen (secondary N) is 1. The first-order chi connectivity index (χ1) is 8.58. The summed E-state index contributed by atoms with van der Waals surface area (Å²) >= 11 is 0. The van der Waals surface area contributed by atoms with Gasteiger partial charge in [-0.3, -0.25) is 0 Å². The van der Waals surface area contributed by atoms with Crippen molar-refractivity contribution in [3.8, 4) is 0 Å². The monoisotopic (exact) mass is 249 g/mol. The lowest BCUT2D eigenvalue weighted by molar-refractivity contribution is 0.0698. The number of carbonyl (C=O) groups is 1. The summed E-state index contributed by atoms with van der Waals surface area (Å²) in [6.45, 7) is 2.12. The summed E-state index contributed by atoms with van der Waals surface area (Å²) in [6.07, 6.45) is 6.43. The van der Waals surface area contributed by atoms with Crippen molar-refractivity contribution in [1.29, 1.82) is 0 Å². The van der Waals surface area contributed by atoms with Gasteiger partial charge in [0, 0.05) is 6.04 Å². The number of anilines is 2. The number of hydrogen-bond donors (Lipinski definition) is 3. The van der Waals surface area contributed by atoms with Crippen LogP contribution < -0.4 is 11.1 Å². The molecule has 4 N–H and O–H groups in total. The van der Waals surface area contributed by atoms with E-state index in [0.717, 1.165) is 0 Å². The molecule has 1 aromatic heterocycles. The Hall–Kier alpha value is -1.78. The van der Waals surface area contributed by atoms with Gasteiger partial charge in [0.1, 0.15) is 5.82 Å². The van der Waals surface area contributed by atoms with Gasteiger partial charge in [0.25, 0.3) is 0 Å². The van der Waals surface area contributed by atoms with Gasteiger partial charge in [-0.05, 0) is 31.7 Å². The molecule has 1 saturated carbocycles. The number of rotatable bonds is 4. The first-order valence-corrected chi connectivity index (χ1v) is 6.33. The number of aromatic nitrogens is 1. The number of pyridine rings is 1. The van der Waals surface area contributed by atoms with E-state index in [1.54, 1.807) is 0 Å². The summed E-state index contributed by atoms with van der Waals surface area (Å²) in [5.74, 6) is 0.213. The van der Waals surface area contributed by atoms with Gasteiger partial charge < -0.3 is 16.2 Å². The molecule has 1 unspecified atom stereocenters. The van der Waals surface area contributed by atoms with Gasteiger partial charge >= 0.3 is 5.97 Å². The minimum Gasteiger partial charge on any atom is -0.478 e. The summed E-state index contributed by atoms with van der Waals surface area (Å²) in [5, 5.41) is 12.3. The van der Waals surface area contributed by atoms with Crippen molar-refractivity contribution in [3.05, 3.63) is 17.8 Å². The van der Waals surface area contributed by atoms with Crippen molar-refractivity contribution in [2.75, 3.05) is 11.1 Å². The Morgan fingerprint density at radius 3 is 2.83 bits per heavy atom. The van der Waals surface area contributed by atoms with Gasteiger partial charge in [0.2, 0.25) is 0 Å². The van der Waals surface area contributed by atoms with E-state index in [2.05, 4.69) is 17.2 Å². The molecule has 18 heavy (non-hydrogen) atoms. The van der Waals surface area contributed by atoms with Gasteiger partial charge in [-0.1, -0.05) is 12.8 Å². The van der Waals surface area contributed by atoms with Crippen molar-refractivity contribution in [1.82, 2.24) is 4.98 Å². The molecule has 0 saturated heterocycles. The molecule has 0 aromatic carbocycles. The normalized spacial score (nSPS) is 17.6. The second-order valence-electron chi connectivity index (χ2n) is 4.94. The number of nitrogen functional groups attached to an aromatic ring is 1. The molecule has 1 fully saturated rings. The highest BCUT2D eigenvalue weighted by Crippen LogP contribution is 2.29. The molecule has 2 rings (SSSR count). The zero-order chi connectivity index (χ0) is 13.1. The molecule has 1 heterocycles. The van der Waals surface area contributed by atoms with Crippen molar-refractivity contribution < 1.29 is 9.90 Å². The minimum atomic E-state index is -1.02. The third-order valence-electron chi connectivity index (χ3n) is 3.65. The number of nitrogens with zero attached hydrogens (tertiary/aromatic N) is 1. The Morgan fingerprint density at radius 1 is 1.56 bits per heavy atom. The van der Waals surface area contributed by atoms with Crippen LogP contribution >= 0.6 is 0 Å². The van der Waals surface area contributed by atoms with Gasteiger partial charge in [0.05, 0.1) is 17.4 Å². The maximum Gasteiger partial charge on any atom is 0.337 e. The van der Waals surface area contributed by atoms with Gasteiger partial charge in [-0.15, -0.1) is 0 Å². The molecule has 1 aliphatic rings. The predicted octanol–water partition coefficient (Wildman–Crippen LogP) is 2.35. The maximum atomic E-state index is 11.0. The van der Waals surface area contributed by atoms with E-state index >= 15 is 0 Å². The number of carboxylic acids is 1. The molecule has 1 atom stereocenters. The summed E-state index contributed by atoms with van der Waals surface area (Å²) in [7, 11) is 0. The van der Waals surface area contributed by atoms with Crippen LogP contribution in [0.4, 0.5) is 11.5 Å². The largest absolute Gasteiger partial charge is 0.478 e. The lowest BCUT2D eigenvalue weighted by Crippen LogP contribution is -2.24. The number of carboxylic acid groups (broad SMARTS) is 1. The zero-order valence-electron chi connectivity index (χ0n) is 10.5. The summed E-state index contributed by atoms with van der Waals surface area (Å²) in [4.78, 5) is 15.1. The highest BCUT2D eigenvalue weighted by Gasteiger charge is 2.22. The summed E-state index contributed by atoms with van der Waals surface area (Å²) in [6, 6.07) is 1.81. The molecular weight excluding hydrogens is 230 g/mol. The van der Waals surface area contributed by atoms with Crippen LogP contribution in [0.1, 0.15) is 43.0 Å². The highest BCUT2D eigenvalue weighted by molar-refractivity contribution is 5.94. The average molecular weight is 249 g/mol. The van der Waals surface area contributed by atoms with E-state index < -0.39 is 5.97 Å². The lowest BCUT2D eigenvalue weighted by Gasteiger charge is -2.21. The SMILES string of the molecule is CC(Nc1cc(C(=O)O)c(N)cn1)C1CCCC1. The Bertz CT molecular complexity index is 442. The summed E-state index contributed by atoms with van der Waals surface area (Å²) in [5.41, 5.74) is 5.87. The topological polar surface area (TPSA) is 88.2 Å². The third-order valence-corrected chi connectivity index (χ3v) is 3.65. The molecule has 0 amide bonds. The number of aromatic carboxylic acids is 1. The van der Waals surface area contributed by atoms with Crippen molar-refractivity contribution in [3.63, 3.8) is 0 Å². The smallest absolute Gasteiger partial charge is 0.337 e. The van der Waals surface area contributed by atoms with E-state index in [9.17, 15) is 4.79 Å². The fraction of sp³-hybridized carbons (Fsp3) is 0.538. The first-order valence-electron chi connectivity index (χ1n) is 6.33. The Balaban J connectivity index is 2.09. The Kier molecular flexibility index (Phi) is 3.69. The van der Waals surface area contributed by atoms with Gasteiger partial charge in [-0.2, -0.15) is 0 Å². The van der Waals surface area contributed by atoms with Crippen molar-refractivity contribution >= 4 is 17.5 Å². The van der Waals surface area contributed by atoms with Crippen LogP contribution in [0.2, 0.25) is 0 Å². The fourth-order valence-corrected chi connectivity index (χ4v) is 2.54. The van der Waals surface area contributed by atoms with Gasteiger partial charge in [0.15, 0.2) is 0 Å². The van der Waals surface area contributed by atoms with Crippen molar-refractivity contribution in [2.45, 2.75) is 38.6 Å². The predicted molar refractivity (Wildman–Crippen MR) is 70.7 cm³/mol. The number of nitrogens with two attached hydrogens (primary N) is 1. The first kappa shape index (κ1) is 12.7. The zero-order valence-corrected chi connectivity index (χ0v) is 10.5. The van der Waals surface area contributed by atoms with E-state index in [-0.39, 0.29) is 11.3 Å². The second kappa shape index (κ2) is 5.25. The van der Waals surface area contributed by atoms with Crippen LogP contribution in [-0.2, 0) is 0 Å². The van der Waals surface area contributed by atoms with Gasteiger partial charge in [-0.25, -0.2) is 9.78 Å². The average Bonchev–Trinajstić information content (AvgIpc) is 2.85. The van der Waals surface area contributed by atoms with E-state index in [1.165, 1.54) is 37.9 Å². The van der Waals surface area contributed by atoms with E-state index in [4.69, 9.17) is 10.8 Å². The molecule has 98 valence electrons. The van der Waals surface area contributed by atoms with E-state index in [1.807, 2.05) is 0 Å². The second-order valence-corrected chi connectivity index (χ2v) is 4.94. The molecular formula is C13H19N3O2. The standard InChI is InChI=1S/C13H19N3O2/c1-8(9-4-2-3-5-9)16-12-6-10(13(17)18)11(14)7-15-12/h6-9H,2-5,14H2,1H3,(H,15,16)(H,17,18). The quantitative estimate of drug-likeness (QED) is 0.762. The van der Waals surface area contributed by atoms with Crippen molar-refractivity contribution in [2.24, 2.45) is 5.92 Å². The molecule has 0 bridgehead atoms. The van der Waals surface area contributed by atoms with Crippen LogP contribution in [0.3, 0.4) is 0 Å². The number of hydrogen-bond acceptors (Lipinski definition) is 4. The molecule has 0 radical (unpaired) electrons. The minimum absolute atomic E-state index is 0.103. The Labute approximate surface area is 106 Å². The van der Waals surface area contributed by atoms with Crippen LogP contribution in [0.25, 0.3) is 0 Å². The van der Waals surface area contributed by atoms with E-state index in [0.29, 0.717) is 17.8 Å².